The first-order valence-electron chi connectivity index (χ1n) is 14.4. The molecule has 0 aromatic heterocycles. The summed E-state index contributed by atoms with van der Waals surface area (Å²) in [4.78, 5) is 50.7. The summed E-state index contributed by atoms with van der Waals surface area (Å²) in [5, 5.41) is 10.4. The molecule has 0 radical (unpaired) electrons. The number of aliphatic hydroxyl groups is 1. The van der Waals surface area contributed by atoms with Gasteiger partial charge in [-0.15, -0.1) is 0 Å². The molecule has 0 unspecified atom stereocenters. The molecule has 2 aliphatic heterocycles. The van der Waals surface area contributed by atoms with E-state index < -0.39 is 53.3 Å². The summed E-state index contributed by atoms with van der Waals surface area (Å²) in [6.07, 6.45) is 4.23. The summed E-state index contributed by atoms with van der Waals surface area (Å²) in [7, 11) is 2.74. The van der Waals surface area contributed by atoms with Crippen molar-refractivity contribution in [3.05, 3.63) is 11.6 Å². The molecule has 228 valence electrons. The lowest BCUT2D eigenvalue weighted by atomic mass is 9.68. The van der Waals surface area contributed by atoms with E-state index in [1.54, 1.807) is 0 Å². The second-order valence-corrected chi connectivity index (χ2v) is 11.6. The number of aliphatic hydroxyl groups excluding tert-OH is 1. The molecule has 10 nitrogen and oxygen atoms in total. The summed E-state index contributed by atoms with van der Waals surface area (Å²) in [5.41, 5.74) is -0.398. The van der Waals surface area contributed by atoms with Gasteiger partial charge >= 0.3 is 17.9 Å². The Morgan fingerprint density at radius 3 is 2.40 bits per heavy atom. The molecule has 0 aromatic rings. The SMILES string of the molecule is CCCCCCCC(=O)C[C@H]1C(=CC(=O)OC)C[C@H]2C[C@H]([C@@H](C)O)OC(=O)CCC(=O)OCC(C)(C)[C@]1(OC)O2. The third-order valence-electron chi connectivity index (χ3n) is 7.90. The minimum absolute atomic E-state index is 0.0160. The molecule has 2 rings (SSSR count). The zero-order chi connectivity index (χ0) is 29.9. The van der Waals surface area contributed by atoms with Crippen molar-refractivity contribution in [3.63, 3.8) is 0 Å². The van der Waals surface area contributed by atoms with Crippen LogP contribution >= 0.6 is 0 Å². The number of esters is 3. The van der Waals surface area contributed by atoms with E-state index in [1.807, 2.05) is 13.8 Å². The van der Waals surface area contributed by atoms with Gasteiger partial charge in [0.05, 0.1) is 37.6 Å². The van der Waals surface area contributed by atoms with E-state index in [9.17, 15) is 24.3 Å². The lowest BCUT2D eigenvalue weighted by Gasteiger charge is -2.54. The minimum atomic E-state index is -1.49. The van der Waals surface area contributed by atoms with Crippen LogP contribution in [-0.4, -0.2) is 73.7 Å². The van der Waals surface area contributed by atoms with Crippen molar-refractivity contribution >= 4 is 23.7 Å². The fourth-order valence-corrected chi connectivity index (χ4v) is 5.61. The monoisotopic (exact) mass is 568 g/mol. The molecule has 0 amide bonds. The van der Waals surface area contributed by atoms with Crippen LogP contribution in [0.15, 0.2) is 11.6 Å². The van der Waals surface area contributed by atoms with Crippen LogP contribution in [-0.2, 0) is 42.9 Å². The van der Waals surface area contributed by atoms with Gasteiger partial charge in [0.15, 0.2) is 5.79 Å². The largest absolute Gasteiger partial charge is 0.466 e. The Morgan fingerprint density at radius 2 is 1.77 bits per heavy atom. The Hall–Kier alpha value is -2.30. The summed E-state index contributed by atoms with van der Waals surface area (Å²) >= 11 is 0. The van der Waals surface area contributed by atoms with E-state index >= 15 is 0 Å². The smallest absolute Gasteiger partial charge is 0.330 e. The number of fused-ring (bicyclic) bond motifs is 2. The second kappa shape index (κ2) is 15.6. The number of carbonyl (C=O) groups is 4. The van der Waals surface area contributed by atoms with Gasteiger partial charge < -0.3 is 28.8 Å². The molecule has 5 atom stereocenters. The average molecular weight is 569 g/mol. The molecule has 2 saturated heterocycles. The van der Waals surface area contributed by atoms with Crippen molar-refractivity contribution in [1.29, 1.82) is 0 Å². The van der Waals surface area contributed by atoms with Crippen LogP contribution in [0.25, 0.3) is 0 Å². The summed E-state index contributed by atoms with van der Waals surface area (Å²) in [6.45, 7) is 7.16. The first-order valence-corrected chi connectivity index (χ1v) is 14.4. The van der Waals surface area contributed by atoms with Crippen LogP contribution < -0.4 is 0 Å². The standard InChI is InChI=1S/C30H48O10/c1-7-8-9-10-11-12-22(32)17-24-21(16-28(35)36-5)15-23-18-25(20(2)31)39-27(34)14-13-26(33)38-19-29(3,4)30(24,37-6)40-23/h16,20,23-25,31H,7-15,17-19H2,1-6H3/t20-,23+,24+,25-,30-/m1/s1. The van der Waals surface area contributed by atoms with Crippen LogP contribution in [0.1, 0.15) is 98.3 Å². The van der Waals surface area contributed by atoms with E-state index in [1.165, 1.54) is 27.2 Å². The van der Waals surface area contributed by atoms with Crippen molar-refractivity contribution in [2.24, 2.45) is 11.3 Å². The van der Waals surface area contributed by atoms with Gasteiger partial charge in [-0.05, 0) is 19.8 Å². The number of ketones is 1. The highest BCUT2D eigenvalue weighted by atomic mass is 16.7. The lowest BCUT2D eigenvalue weighted by Crippen LogP contribution is -2.61. The predicted molar refractivity (Wildman–Crippen MR) is 146 cm³/mol. The maximum atomic E-state index is 13.3. The summed E-state index contributed by atoms with van der Waals surface area (Å²) in [5.74, 6) is -3.97. The highest BCUT2D eigenvalue weighted by Gasteiger charge is 2.58. The van der Waals surface area contributed by atoms with E-state index in [0.29, 0.717) is 12.0 Å². The van der Waals surface area contributed by atoms with E-state index in [2.05, 4.69) is 6.92 Å². The van der Waals surface area contributed by atoms with Gasteiger partial charge in [-0.2, -0.15) is 0 Å². The molecule has 10 heteroatoms. The minimum Gasteiger partial charge on any atom is -0.466 e. The number of carbonyl (C=O) groups excluding carboxylic acids is 4. The number of hydrogen-bond acceptors (Lipinski definition) is 10. The zero-order valence-electron chi connectivity index (χ0n) is 25.0. The highest BCUT2D eigenvalue weighted by molar-refractivity contribution is 5.84. The maximum absolute atomic E-state index is 13.3. The normalized spacial score (nSPS) is 29.3. The van der Waals surface area contributed by atoms with Crippen LogP contribution in [0.2, 0.25) is 0 Å². The number of hydrogen-bond donors (Lipinski definition) is 1. The predicted octanol–water partition coefficient (Wildman–Crippen LogP) is 4.20. The Bertz CT molecular complexity index is 908. The van der Waals surface area contributed by atoms with Gasteiger partial charge in [0.1, 0.15) is 18.5 Å². The molecular weight excluding hydrogens is 520 g/mol. The van der Waals surface area contributed by atoms with Gasteiger partial charge in [0, 0.05) is 38.4 Å². The average Bonchev–Trinajstić information content (AvgIpc) is 2.91. The first kappa shape index (κ1) is 33.9. The highest BCUT2D eigenvalue weighted by Crippen LogP contribution is 2.51. The van der Waals surface area contributed by atoms with Gasteiger partial charge in [-0.1, -0.05) is 52.0 Å². The number of unbranched alkanes of at least 4 members (excludes halogenated alkanes) is 4. The number of cyclic esters (lactones) is 2. The quantitative estimate of drug-likeness (QED) is 0.167. The maximum Gasteiger partial charge on any atom is 0.330 e. The van der Waals surface area contributed by atoms with Crippen molar-refractivity contribution in [2.75, 3.05) is 20.8 Å². The van der Waals surface area contributed by atoms with Gasteiger partial charge in [-0.25, -0.2) is 4.79 Å². The van der Waals surface area contributed by atoms with Gasteiger partial charge in [-0.3, -0.25) is 14.4 Å². The van der Waals surface area contributed by atoms with Crippen molar-refractivity contribution in [1.82, 2.24) is 0 Å². The molecule has 1 N–H and O–H groups in total. The molecule has 0 spiro atoms. The Kier molecular flexibility index (Phi) is 13.3. The molecule has 0 aromatic carbocycles. The van der Waals surface area contributed by atoms with Gasteiger partial charge in [0.25, 0.3) is 0 Å². The van der Waals surface area contributed by atoms with E-state index in [0.717, 1.165) is 32.1 Å². The number of rotatable bonds is 11. The fraction of sp³-hybridized carbons (Fsp3) is 0.800. The number of methoxy groups -OCH3 is 2. The molecule has 0 saturated carbocycles. The van der Waals surface area contributed by atoms with Crippen molar-refractivity contribution in [3.8, 4) is 0 Å². The third kappa shape index (κ3) is 9.11. The Morgan fingerprint density at radius 1 is 1.10 bits per heavy atom. The van der Waals surface area contributed by atoms with E-state index in [-0.39, 0.29) is 44.5 Å². The number of Topliss-reactive ketones (excluding diaryl/α,β-unsaturated/α-hetero) is 1. The van der Waals surface area contributed by atoms with Gasteiger partial charge in [0.2, 0.25) is 0 Å². The molecule has 0 aliphatic carbocycles. The van der Waals surface area contributed by atoms with Crippen molar-refractivity contribution < 1.29 is 48.0 Å². The van der Waals surface area contributed by atoms with Crippen LogP contribution in [0.4, 0.5) is 0 Å². The Balaban J connectivity index is 2.55. The van der Waals surface area contributed by atoms with Crippen LogP contribution in [0.5, 0.6) is 0 Å². The van der Waals surface area contributed by atoms with Crippen LogP contribution in [0, 0.1) is 11.3 Å². The van der Waals surface area contributed by atoms with Crippen LogP contribution in [0.3, 0.4) is 0 Å². The lowest BCUT2D eigenvalue weighted by molar-refractivity contribution is -0.340. The first-order chi connectivity index (χ1) is 18.9. The molecule has 2 fully saturated rings. The molecule has 2 heterocycles. The topological polar surface area (TPSA) is 135 Å². The molecular formula is C30H48O10. The molecule has 40 heavy (non-hydrogen) atoms. The summed E-state index contributed by atoms with van der Waals surface area (Å²) in [6, 6.07) is 0. The molecule has 2 bridgehead atoms. The fourth-order valence-electron chi connectivity index (χ4n) is 5.61. The number of ether oxygens (including phenoxy) is 5. The Labute approximate surface area is 238 Å². The third-order valence-corrected chi connectivity index (χ3v) is 7.90. The second-order valence-electron chi connectivity index (χ2n) is 11.6. The van der Waals surface area contributed by atoms with E-state index in [4.69, 9.17) is 23.7 Å². The molecule has 2 aliphatic rings. The summed E-state index contributed by atoms with van der Waals surface area (Å²) < 4.78 is 28.8. The zero-order valence-corrected chi connectivity index (χ0v) is 25.0. The van der Waals surface area contributed by atoms with Crippen molar-refractivity contribution in [2.45, 2.75) is 122 Å².